The van der Waals surface area contributed by atoms with Crippen LogP contribution in [0.15, 0.2) is 29.2 Å². The van der Waals surface area contributed by atoms with Crippen molar-refractivity contribution in [3.8, 4) is 16.9 Å². The zero-order valence-electron chi connectivity index (χ0n) is 21.1. The molecule has 202 valence electrons. The number of aryl methyl sites for hydroxylation is 2. The number of phenols is 1. The molecule has 2 N–H and O–H groups in total. The summed E-state index contributed by atoms with van der Waals surface area (Å²) >= 11 is 6.14. The molecule has 0 saturated carbocycles. The van der Waals surface area contributed by atoms with Crippen LogP contribution in [0.1, 0.15) is 30.7 Å². The summed E-state index contributed by atoms with van der Waals surface area (Å²) < 4.78 is 32.1. The van der Waals surface area contributed by atoms with Crippen LogP contribution in [0.3, 0.4) is 0 Å². The average Bonchev–Trinajstić information content (AvgIpc) is 3.66. The lowest BCUT2D eigenvalue weighted by Crippen LogP contribution is -2.23. The van der Waals surface area contributed by atoms with E-state index in [4.69, 9.17) is 11.6 Å². The molecule has 0 bridgehead atoms. The highest BCUT2D eigenvalue weighted by Gasteiger charge is 2.25. The SMILES string of the molecule is Cc1cc(-c2cn(CC(=O)Nc3cc(N4CCCC4)nc(F)c3Cl)c3nc4n(c(=O)c23)CCC4)cc(F)c1O. The third-order valence-corrected chi connectivity index (χ3v) is 7.68. The fourth-order valence-electron chi connectivity index (χ4n) is 5.39. The molecule has 1 saturated heterocycles. The lowest BCUT2D eigenvalue weighted by atomic mass is 10.0. The summed E-state index contributed by atoms with van der Waals surface area (Å²) in [5, 5.41) is 12.5. The number of amides is 1. The first-order valence-electron chi connectivity index (χ1n) is 12.7. The van der Waals surface area contributed by atoms with E-state index in [1.807, 2.05) is 4.90 Å². The van der Waals surface area contributed by atoms with Gasteiger partial charge in [0.15, 0.2) is 11.6 Å². The molecule has 0 spiro atoms. The Bertz CT molecular complexity index is 1690. The topological polar surface area (TPSA) is 105 Å². The van der Waals surface area contributed by atoms with Gasteiger partial charge in [0, 0.05) is 43.9 Å². The predicted molar refractivity (Wildman–Crippen MR) is 143 cm³/mol. The minimum Gasteiger partial charge on any atom is -0.505 e. The Morgan fingerprint density at radius 3 is 2.64 bits per heavy atom. The zero-order chi connectivity index (χ0) is 27.4. The van der Waals surface area contributed by atoms with Crippen LogP contribution in [0, 0.1) is 18.7 Å². The molecule has 12 heteroatoms. The number of anilines is 2. The standard InChI is InChI=1S/C27H25ClF2N6O3/c1-14-9-15(10-17(29)24(14)38)16-12-35(26-22(16)27(39)36-8-4-5-19(36)33-26)13-21(37)31-18-11-20(32-25(30)23(18)28)34-6-2-3-7-34/h9-12,38H,2-8,13H2,1H3,(H,31,32,37). The van der Waals surface area contributed by atoms with Crippen LogP contribution in [-0.4, -0.2) is 43.2 Å². The molecule has 6 rings (SSSR count). The van der Waals surface area contributed by atoms with Gasteiger partial charge in [-0.25, -0.2) is 14.4 Å². The number of phenolic OH excluding ortho intramolecular Hbond substituents is 1. The number of hydrogen-bond donors (Lipinski definition) is 2. The smallest absolute Gasteiger partial charge is 0.263 e. The van der Waals surface area contributed by atoms with Crippen molar-refractivity contribution in [1.82, 2.24) is 19.1 Å². The van der Waals surface area contributed by atoms with E-state index in [1.54, 1.807) is 29.8 Å². The minimum atomic E-state index is -0.875. The number of fused-ring (bicyclic) bond motifs is 2. The fraction of sp³-hybridized carbons (Fsp3) is 0.333. The van der Waals surface area contributed by atoms with Crippen LogP contribution in [0.4, 0.5) is 20.3 Å². The molecule has 1 aromatic carbocycles. The van der Waals surface area contributed by atoms with E-state index >= 15 is 0 Å². The second-order valence-corrected chi connectivity index (χ2v) is 10.3. The second-order valence-electron chi connectivity index (χ2n) is 9.96. The number of pyridine rings is 1. The van der Waals surface area contributed by atoms with Crippen LogP contribution >= 0.6 is 11.6 Å². The zero-order valence-corrected chi connectivity index (χ0v) is 21.9. The Hall–Kier alpha value is -3.99. The van der Waals surface area contributed by atoms with Gasteiger partial charge in [0.25, 0.3) is 5.56 Å². The molecule has 0 unspecified atom stereocenters. The second kappa shape index (κ2) is 9.64. The number of nitrogens with zero attached hydrogens (tertiary/aromatic N) is 5. The molecule has 2 aliphatic heterocycles. The molecular formula is C27H25ClF2N6O3. The van der Waals surface area contributed by atoms with E-state index in [2.05, 4.69) is 15.3 Å². The van der Waals surface area contributed by atoms with Crippen molar-refractivity contribution < 1.29 is 18.7 Å². The summed E-state index contributed by atoms with van der Waals surface area (Å²) in [7, 11) is 0. The maximum atomic E-state index is 14.5. The van der Waals surface area contributed by atoms with Crippen molar-refractivity contribution in [3.05, 3.63) is 62.9 Å². The van der Waals surface area contributed by atoms with E-state index in [9.17, 15) is 23.5 Å². The molecule has 1 amide bonds. The highest BCUT2D eigenvalue weighted by Crippen LogP contribution is 2.34. The Balaban J connectivity index is 1.40. The molecule has 0 radical (unpaired) electrons. The highest BCUT2D eigenvalue weighted by atomic mass is 35.5. The van der Waals surface area contributed by atoms with Crippen LogP contribution in [0.5, 0.6) is 5.75 Å². The molecule has 39 heavy (non-hydrogen) atoms. The highest BCUT2D eigenvalue weighted by molar-refractivity contribution is 6.33. The van der Waals surface area contributed by atoms with Crippen molar-refractivity contribution in [2.24, 2.45) is 0 Å². The quantitative estimate of drug-likeness (QED) is 0.355. The van der Waals surface area contributed by atoms with Crippen molar-refractivity contribution in [2.75, 3.05) is 23.3 Å². The lowest BCUT2D eigenvalue weighted by molar-refractivity contribution is -0.116. The maximum absolute atomic E-state index is 14.5. The number of halogens is 3. The van der Waals surface area contributed by atoms with Gasteiger partial charge in [-0.15, -0.1) is 0 Å². The Morgan fingerprint density at radius 1 is 1.13 bits per heavy atom. The van der Waals surface area contributed by atoms with Crippen LogP contribution < -0.4 is 15.8 Å². The van der Waals surface area contributed by atoms with E-state index in [-0.39, 0.29) is 33.8 Å². The molecule has 0 atom stereocenters. The first-order chi connectivity index (χ1) is 18.7. The van der Waals surface area contributed by atoms with Gasteiger partial charge in [-0.1, -0.05) is 11.6 Å². The molecule has 5 heterocycles. The van der Waals surface area contributed by atoms with Crippen LogP contribution in [0.2, 0.25) is 5.02 Å². The molecular weight excluding hydrogens is 530 g/mol. The molecule has 4 aromatic rings. The summed E-state index contributed by atoms with van der Waals surface area (Å²) in [6.07, 6.45) is 4.90. The molecule has 9 nitrogen and oxygen atoms in total. The molecule has 1 fully saturated rings. The van der Waals surface area contributed by atoms with E-state index < -0.39 is 23.4 Å². The molecule has 0 aliphatic carbocycles. The summed E-state index contributed by atoms with van der Waals surface area (Å²) in [5.74, 6) is -1.67. The van der Waals surface area contributed by atoms with Crippen molar-refractivity contribution in [1.29, 1.82) is 0 Å². The van der Waals surface area contributed by atoms with Gasteiger partial charge in [0.2, 0.25) is 11.9 Å². The van der Waals surface area contributed by atoms with E-state index in [0.717, 1.165) is 38.4 Å². The Labute approximate surface area is 226 Å². The number of hydrogen-bond acceptors (Lipinski definition) is 6. The van der Waals surface area contributed by atoms with Gasteiger partial charge >= 0.3 is 0 Å². The largest absolute Gasteiger partial charge is 0.505 e. The monoisotopic (exact) mass is 554 g/mol. The number of carbonyl (C=O) groups excluding carboxylic acids is 1. The van der Waals surface area contributed by atoms with Gasteiger partial charge in [0.1, 0.15) is 28.9 Å². The van der Waals surface area contributed by atoms with Crippen molar-refractivity contribution in [3.63, 3.8) is 0 Å². The number of aromatic nitrogens is 4. The Morgan fingerprint density at radius 2 is 1.90 bits per heavy atom. The van der Waals surface area contributed by atoms with Gasteiger partial charge in [-0.05, 0) is 49.4 Å². The third-order valence-electron chi connectivity index (χ3n) is 7.32. The van der Waals surface area contributed by atoms with Crippen molar-refractivity contribution in [2.45, 2.75) is 45.7 Å². The summed E-state index contributed by atoms with van der Waals surface area (Å²) in [5.41, 5.74) is 1.18. The molecule has 3 aromatic heterocycles. The minimum absolute atomic E-state index is 0.0953. The normalized spacial score (nSPS) is 14.8. The van der Waals surface area contributed by atoms with Gasteiger partial charge < -0.3 is 19.9 Å². The molecule has 2 aliphatic rings. The predicted octanol–water partition coefficient (Wildman–Crippen LogP) is 4.39. The first-order valence-corrected chi connectivity index (χ1v) is 13.1. The number of benzene rings is 1. The lowest BCUT2D eigenvalue weighted by Gasteiger charge is -2.18. The number of rotatable bonds is 5. The summed E-state index contributed by atoms with van der Waals surface area (Å²) in [6.45, 7) is 3.30. The average molecular weight is 555 g/mol. The third kappa shape index (κ3) is 4.40. The first kappa shape index (κ1) is 25.3. The van der Waals surface area contributed by atoms with Crippen molar-refractivity contribution >= 4 is 40.0 Å². The number of aromatic hydroxyl groups is 1. The maximum Gasteiger partial charge on any atom is 0.263 e. The Kier molecular flexibility index (Phi) is 6.25. The summed E-state index contributed by atoms with van der Waals surface area (Å²) in [6, 6.07) is 4.28. The summed E-state index contributed by atoms with van der Waals surface area (Å²) in [4.78, 5) is 37.2. The van der Waals surface area contributed by atoms with Gasteiger partial charge in [-0.2, -0.15) is 4.39 Å². The van der Waals surface area contributed by atoms with Gasteiger partial charge in [0.05, 0.1) is 11.1 Å². The van der Waals surface area contributed by atoms with Crippen LogP contribution in [0.25, 0.3) is 22.2 Å². The van der Waals surface area contributed by atoms with Gasteiger partial charge in [-0.3, -0.25) is 14.2 Å². The fourth-order valence-corrected chi connectivity index (χ4v) is 5.53. The van der Waals surface area contributed by atoms with E-state index in [1.165, 1.54) is 4.57 Å². The van der Waals surface area contributed by atoms with Crippen LogP contribution in [-0.2, 0) is 24.3 Å². The number of carbonyl (C=O) groups is 1. The number of nitrogens with one attached hydrogen (secondary N) is 1. The van der Waals surface area contributed by atoms with E-state index in [0.29, 0.717) is 41.3 Å².